The van der Waals surface area contributed by atoms with E-state index in [1.165, 1.54) is 12.2 Å². The number of rotatable bonds is 5. The van der Waals surface area contributed by atoms with E-state index in [1.54, 1.807) is 24.3 Å². The van der Waals surface area contributed by atoms with Crippen LogP contribution in [0.1, 0.15) is 16.1 Å². The third-order valence-corrected chi connectivity index (χ3v) is 2.93. The van der Waals surface area contributed by atoms with Gasteiger partial charge in [0.2, 0.25) is 0 Å². The number of benzene rings is 1. The summed E-state index contributed by atoms with van der Waals surface area (Å²) >= 11 is 0. The molecule has 1 aromatic heterocycles. The van der Waals surface area contributed by atoms with Gasteiger partial charge in [0.15, 0.2) is 6.29 Å². The summed E-state index contributed by atoms with van der Waals surface area (Å²) in [6, 6.07) is 4.94. The molecular formula is C15H12N2O3. The lowest BCUT2D eigenvalue weighted by Crippen LogP contribution is -1.95. The summed E-state index contributed by atoms with van der Waals surface area (Å²) in [5.74, 6) is 0. The predicted octanol–water partition coefficient (Wildman–Crippen LogP) is 3.64. The SMILES string of the molecule is C=C/C=C(\C=C)c1ccc2cc(C=O)[nH]c2c1[N+](=O)[O-]. The van der Waals surface area contributed by atoms with E-state index in [0.29, 0.717) is 34.0 Å². The predicted molar refractivity (Wildman–Crippen MR) is 78.7 cm³/mol. The number of carbonyl (C=O) groups excluding carboxylic acids is 1. The molecular weight excluding hydrogens is 256 g/mol. The summed E-state index contributed by atoms with van der Waals surface area (Å²) in [4.78, 5) is 24.5. The Balaban J connectivity index is 2.84. The first-order chi connectivity index (χ1) is 9.62. The highest BCUT2D eigenvalue weighted by molar-refractivity contribution is 5.98. The van der Waals surface area contributed by atoms with Gasteiger partial charge in [-0.1, -0.05) is 37.5 Å². The molecule has 2 aromatic rings. The molecule has 0 saturated carbocycles. The minimum Gasteiger partial charge on any atom is -0.347 e. The van der Waals surface area contributed by atoms with Gasteiger partial charge in [-0.3, -0.25) is 14.9 Å². The van der Waals surface area contributed by atoms with Crippen LogP contribution in [0, 0.1) is 10.1 Å². The highest BCUT2D eigenvalue weighted by atomic mass is 16.6. The lowest BCUT2D eigenvalue weighted by molar-refractivity contribution is -0.383. The topological polar surface area (TPSA) is 76.0 Å². The summed E-state index contributed by atoms with van der Waals surface area (Å²) in [6.45, 7) is 7.23. The highest BCUT2D eigenvalue weighted by Crippen LogP contribution is 2.34. The Morgan fingerprint density at radius 3 is 2.65 bits per heavy atom. The molecule has 0 atom stereocenters. The van der Waals surface area contributed by atoms with Crippen molar-refractivity contribution in [3.05, 3.63) is 71.0 Å². The number of nitrogens with zero attached hydrogens (tertiary/aromatic N) is 1. The average molecular weight is 268 g/mol. The fourth-order valence-electron chi connectivity index (χ4n) is 2.09. The number of aldehydes is 1. The maximum atomic E-state index is 11.4. The number of aromatic amines is 1. The van der Waals surface area contributed by atoms with Crippen molar-refractivity contribution in [1.29, 1.82) is 0 Å². The molecule has 5 heteroatoms. The zero-order chi connectivity index (χ0) is 14.7. The molecule has 1 heterocycles. The van der Waals surface area contributed by atoms with Gasteiger partial charge in [0.05, 0.1) is 16.2 Å². The van der Waals surface area contributed by atoms with Crippen LogP contribution in [0.4, 0.5) is 5.69 Å². The molecule has 20 heavy (non-hydrogen) atoms. The van der Waals surface area contributed by atoms with Gasteiger partial charge < -0.3 is 4.98 Å². The molecule has 1 N–H and O–H groups in total. The van der Waals surface area contributed by atoms with Crippen LogP contribution in [-0.4, -0.2) is 16.2 Å². The smallest absolute Gasteiger partial charge is 0.301 e. The number of nitrogens with one attached hydrogen (secondary N) is 1. The monoisotopic (exact) mass is 268 g/mol. The second-order valence-corrected chi connectivity index (χ2v) is 4.09. The Morgan fingerprint density at radius 2 is 2.10 bits per heavy atom. The number of nitro benzene ring substituents is 1. The number of hydrogen-bond acceptors (Lipinski definition) is 3. The van der Waals surface area contributed by atoms with Crippen LogP contribution in [0.15, 0.2) is 49.6 Å². The summed E-state index contributed by atoms with van der Waals surface area (Å²) < 4.78 is 0. The van der Waals surface area contributed by atoms with E-state index >= 15 is 0 Å². The van der Waals surface area contributed by atoms with E-state index in [2.05, 4.69) is 18.1 Å². The van der Waals surface area contributed by atoms with Gasteiger partial charge in [0, 0.05) is 5.39 Å². The molecule has 0 unspecified atom stereocenters. The lowest BCUT2D eigenvalue weighted by atomic mass is 10.0. The van der Waals surface area contributed by atoms with E-state index < -0.39 is 4.92 Å². The van der Waals surface area contributed by atoms with Crippen LogP contribution in [-0.2, 0) is 0 Å². The van der Waals surface area contributed by atoms with Crippen LogP contribution >= 0.6 is 0 Å². The van der Waals surface area contributed by atoms with Crippen molar-refractivity contribution in [3.63, 3.8) is 0 Å². The van der Waals surface area contributed by atoms with E-state index in [4.69, 9.17) is 0 Å². The zero-order valence-corrected chi connectivity index (χ0v) is 10.6. The molecule has 0 bridgehead atoms. The number of nitro groups is 1. The first-order valence-corrected chi connectivity index (χ1v) is 5.83. The van der Waals surface area contributed by atoms with Crippen LogP contribution < -0.4 is 0 Å². The fraction of sp³-hybridized carbons (Fsp3) is 0. The standard InChI is InChI=1S/C15H12N2O3/c1-3-5-10(4-2)13-7-6-11-8-12(9-18)16-14(11)15(13)17(19)20/h3-9,16H,1-2H2/b10-5+. The number of carbonyl (C=O) groups is 1. The first-order valence-electron chi connectivity index (χ1n) is 5.83. The Bertz CT molecular complexity index is 754. The normalized spacial score (nSPS) is 11.3. The van der Waals surface area contributed by atoms with Crippen molar-refractivity contribution >= 4 is 28.4 Å². The van der Waals surface area contributed by atoms with Gasteiger partial charge in [0.25, 0.3) is 0 Å². The number of H-pyrrole nitrogens is 1. The summed E-state index contributed by atoms with van der Waals surface area (Å²) in [5, 5.41) is 12.0. The van der Waals surface area contributed by atoms with Gasteiger partial charge in [-0.15, -0.1) is 0 Å². The number of allylic oxidation sites excluding steroid dienone is 4. The van der Waals surface area contributed by atoms with Gasteiger partial charge in [-0.2, -0.15) is 0 Å². The van der Waals surface area contributed by atoms with Crippen LogP contribution in [0.3, 0.4) is 0 Å². The third kappa shape index (κ3) is 2.16. The molecule has 0 fully saturated rings. The molecule has 1 aromatic carbocycles. The van der Waals surface area contributed by atoms with Gasteiger partial charge in [0.1, 0.15) is 5.52 Å². The summed E-state index contributed by atoms with van der Waals surface area (Å²) in [5.41, 5.74) is 1.57. The number of fused-ring (bicyclic) bond motifs is 1. The Morgan fingerprint density at radius 1 is 1.35 bits per heavy atom. The maximum Gasteiger partial charge on any atom is 0.301 e. The summed E-state index contributed by atoms with van der Waals surface area (Å²) in [7, 11) is 0. The van der Waals surface area contributed by atoms with Crippen LogP contribution in [0.5, 0.6) is 0 Å². The number of hydrogen-bond donors (Lipinski definition) is 1. The second kappa shape index (κ2) is 5.36. The van der Waals surface area contributed by atoms with Crippen molar-refractivity contribution in [3.8, 4) is 0 Å². The second-order valence-electron chi connectivity index (χ2n) is 4.09. The van der Waals surface area contributed by atoms with E-state index in [0.717, 1.165) is 0 Å². The molecule has 0 saturated heterocycles. The quantitative estimate of drug-likeness (QED) is 0.389. The largest absolute Gasteiger partial charge is 0.347 e. The third-order valence-electron chi connectivity index (χ3n) is 2.93. The molecule has 2 rings (SSSR count). The first kappa shape index (κ1) is 13.5. The molecule has 0 spiro atoms. The van der Waals surface area contributed by atoms with Gasteiger partial charge in [-0.25, -0.2) is 0 Å². The van der Waals surface area contributed by atoms with Crippen molar-refractivity contribution in [2.45, 2.75) is 0 Å². The molecule has 0 aliphatic rings. The molecule has 0 radical (unpaired) electrons. The molecule has 0 amide bonds. The van der Waals surface area contributed by atoms with Crippen molar-refractivity contribution in [2.75, 3.05) is 0 Å². The van der Waals surface area contributed by atoms with E-state index in [-0.39, 0.29) is 5.69 Å². The molecule has 0 aliphatic heterocycles. The average Bonchev–Trinajstić information content (AvgIpc) is 2.86. The van der Waals surface area contributed by atoms with Crippen molar-refractivity contribution < 1.29 is 9.72 Å². The van der Waals surface area contributed by atoms with Crippen LogP contribution in [0.2, 0.25) is 0 Å². The Hall–Kier alpha value is -2.95. The lowest BCUT2D eigenvalue weighted by Gasteiger charge is -2.04. The van der Waals surface area contributed by atoms with Crippen LogP contribution in [0.25, 0.3) is 16.5 Å². The highest BCUT2D eigenvalue weighted by Gasteiger charge is 2.21. The van der Waals surface area contributed by atoms with Gasteiger partial charge >= 0.3 is 5.69 Å². The Kier molecular flexibility index (Phi) is 3.61. The number of aromatic nitrogens is 1. The maximum absolute atomic E-state index is 11.4. The molecule has 0 aliphatic carbocycles. The van der Waals surface area contributed by atoms with E-state index in [9.17, 15) is 14.9 Å². The molecule has 100 valence electrons. The minimum atomic E-state index is -0.469. The van der Waals surface area contributed by atoms with Crippen molar-refractivity contribution in [1.82, 2.24) is 4.98 Å². The Labute approximate surface area is 115 Å². The van der Waals surface area contributed by atoms with Gasteiger partial charge in [-0.05, 0) is 17.7 Å². The van der Waals surface area contributed by atoms with Crippen molar-refractivity contribution in [2.24, 2.45) is 0 Å². The summed E-state index contributed by atoms with van der Waals surface area (Å²) in [6.07, 6.45) is 5.33. The fourth-order valence-corrected chi connectivity index (χ4v) is 2.09. The van der Waals surface area contributed by atoms with E-state index in [1.807, 2.05) is 0 Å². The molecule has 5 nitrogen and oxygen atoms in total. The minimum absolute atomic E-state index is 0.0800. The zero-order valence-electron chi connectivity index (χ0n) is 10.6.